The predicted octanol–water partition coefficient (Wildman–Crippen LogP) is 4.90. The van der Waals surface area contributed by atoms with Crippen molar-refractivity contribution in [3.63, 3.8) is 0 Å². The number of phenolic OH excluding ortho intramolecular Hbond substituents is 1. The maximum atomic E-state index is 13.5. The summed E-state index contributed by atoms with van der Waals surface area (Å²) in [4.78, 5) is 28.2. The Bertz CT molecular complexity index is 1100. The molecule has 1 heterocycles. The highest BCUT2D eigenvalue weighted by molar-refractivity contribution is 6.19. The van der Waals surface area contributed by atoms with Gasteiger partial charge in [-0.2, -0.15) is 0 Å². The third-order valence-electron chi connectivity index (χ3n) is 5.49. The third-order valence-corrected chi connectivity index (χ3v) is 5.49. The minimum absolute atomic E-state index is 0.0225. The quantitative estimate of drug-likeness (QED) is 0.666. The molecular formula is C24H21NO3. The van der Waals surface area contributed by atoms with Gasteiger partial charge in [-0.3, -0.25) is 14.5 Å². The number of hydrogen-bond donors (Lipinski definition) is 1. The molecule has 3 aromatic carbocycles. The zero-order valence-electron chi connectivity index (χ0n) is 16.1. The molecule has 28 heavy (non-hydrogen) atoms. The molecule has 0 unspecified atom stereocenters. The maximum Gasteiger partial charge on any atom is 0.259 e. The molecule has 1 atom stereocenters. The summed E-state index contributed by atoms with van der Waals surface area (Å²) in [6.07, 6.45) is 0. The topological polar surface area (TPSA) is 57.6 Å². The molecule has 0 fully saturated rings. The van der Waals surface area contributed by atoms with Crippen molar-refractivity contribution in [2.75, 3.05) is 4.90 Å². The molecule has 1 amide bonds. The largest absolute Gasteiger partial charge is 0.507 e. The number of anilines is 1. The molecule has 0 aromatic heterocycles. The predicted molar refractivity (Wildman–Crippen MR) is 109 cm³/mol. The molecule has 4 rings (SSSR count). The van der Waals surface area contributed by atoms with Gasteiger partial charge in [0.1, 0.15) is 11.8 Å². The fourth-order valence-corrected chi connectivity index (χ4v) is 3.69. The van der Waals surface area contributed by atoms with Crippen molar-refractivity contribution >= 4 is 17.4 Å². The Morgan fingerprint density at radius 2 is 1.61 bits per heavy atom. The number of fused-ring (bicyclic) bond motifs is 1. The lowest BCUT2D eigenvalue weighted by Gasteiger charge is -2.25. The van der Waals surface area contributed by atoms with Gasteiger partial charge in [-0.15, -0.1) is 0 Å². The van der Waals surface area contributed by atoms with Crippen LogP contribution in [0.2, 0.25) is 0 Å². The van der Waals surface area contributed by atoms with Crippen molar-refractivity contribution in [2.24, 2.45) is 0 Å². The summed E-state index contributed by atoms with van der Waals surface area (Å²) in [5.41, 5.74) is 4.73. The monoisotopic (exact) mass is 371 g/mol. The number of hydrogen-bond acceptors (Lipinski definition) is 3. The first-order chi connectivity index (χ1) is 13.4. The van der Waals surface area contributed by atoms with Crippen LogP contribution in [0, 0.1) is 20.8 Å². The zero-order chi connectivity index (χ0) is 20.0. The van der Waals surface area contributed by atoms with Crippen LogP contribution in [0.1, 0.15) is 49.0 Å². The van der Waals surface area contributed by atoms with Crippen molar-refractivity contribution in [3.05, 3.63) is 94.0 Å². The molecule has 1 aliphatic heterocycles. The van der Waals surface area contributed by atoms with Crippen LogP contribution < -0.4 is 4.90 Å². The van der Waals surface area contributed by atoms with E-state index in [4.69, 9.17) is 0 Å². The first-order valence-corrected chi connectivity index (χ1v) is 9.22. The zero-order valence-corrected chi connectivity index (χ0v) is 16.1. The number of carbonyl (C=O) groups excluding carboxylic acids is 2. The highest BCUT2D eigenvalue weighted by atomic mass is 16.3. The molecular weight excluding hydrogens is 350 g/mol. The number of amides is 1. The van der Waals surface area contributed by atoms with Gasteiger partial charge >= 0.3 is 0 Å². The fraction of sp³-hybridized carbons (Fsp3) is 0.167. The molecule has 4 nitrogen and oxygen atoms in total. The van der Waals surface area contributed by atoms with E-state index in [0.29, 0.717) is 22.4 Å². The van der Waals surface area contributed by atoms with Gasteiger partial charge < -0.3 is 5.11 Å². The molecule has 140 valence electrons. The van der Waals surface area contributed by atoms with E-state index in [1.54, 1.807) is 25.1 Å². The van der Waals surface area contributed by atoms with Crippen LogP contribution in [0.4, 0.5) is 5.69 Å². The van der Waals surface area contributed by atoms with Crippen LogP contribution in [-0.4, -0.2) is 16.8 Å². The van der Waals surface area contributed by atoms with E-state index in [-0.39, 0.29) is 23.0 Å². The molecule has 0 saturated heterocycles. The lowest BCUT2D eigenvalue weighted by atomic mass is 9.93. The number of phenols is 1. The number of carbonyl (C=O) groups is 2. The lowest BCUT2D eigenvalue weighted by molar-refractivity contribution is 0.0914. The molecule has 0 saturated carbocycles. The smallest absolute Gasteiger partial charge is 0.259 e. The van der Waals surface area contributed by atoms with Gasteiger partial charge in [-0.05, 0) is 61.7 Å². The van der Waals surface area contributed by atoms with E-state index >= 15 is 0 Å². The first-order valence-electron chi connectivity index (χ1n) is 9.22. The third kappa shape index (κ3) is 2.69. The van der Waals surface area contributed by atoms with Gasteiger partial charge in [0.05, 0.1) is 5.56 Å². The van der Waals surface area contributed by atoms with Crippen LogP contribution in [0.5, 0.6) is 5.75 Å². The van der Waals surface area contributed by atoms with E-state index in [1.807, 2.05) is 56.3 Å². The minimum Gasteiger partial charge on any atom is -0.507 e. The van der Waals surface area contributed by atoms with E-state index in [2.05, 4.69) is 0 Å². The minimum atomic E-state index is -0.806. The summed E-state index contributed by atoms with van der Waals surface area (Å²) in [6.45, 7) is 5.64. The summed E-state index contributed by atoms with van der Waals surface area (Å²) in [5, 5.41) is 10.6. The highest BCUT2D eigenvalue weighted by Gasteiger charge is 2.42. The second kappa shape index (κ2) is 6.64. The van der Waals surface area contributed by atoms with Gasteiger partial charge in [-0.25, -0.2) is 0 Å². The van der Waals surface area contributed by atoms with Gasteiger partial charge in [-0.1, -0.05) is 42.0 Å². The molecule has 0 radical (unpaired) electrons. The SMILES string of the molecule is Cc1ccc(N2C(=O)c3ccccc3[C@@H]2C(=O)c2ccc(C)c(C)c2O)cc1. The van der Waals surface area contributed by atoms with Crippen molar-refractivity contribution < 1.29 is 14.7 Å². The highest BCUT2D eigenvalue weighted by Crippen LogP contribution is 2.41. The lowest BCUT2D eigenvalue weighted by Crippen LogP contribution is -2.32. The summed E-state index contributed by atoms with van der Waals surface area (Å²) in [6, 6.07) is 17.4. The van der Waals surface area contributed by atoms with Crippen LogP contribution in [0.25, 0.3) is 0 Å². The second-order valence-electron chi connectivity index (χ2n) is 7.27. The Balaban J connectivity index is 1.88. The molecule has 0 spiro atoms. The van der Waals surface area contributed by atoms with Crippen molar-refractivity contribution in [1.82, 2.24) is 0 Å². The summed E-state index contributed by atoms with van der Waals surface area (Å²) < 4.78 is 0. The van der Waals surface area contributed by atoms with Gasteiger partial charge in [0.15, 0.2) is 5.78 Å². The van der Waals surface area contributed by atoms with Crippen LogP contribution in [0.3, 0.4) is 0 Å². The molecule has 3 aromatic rings. The normalized spacial score (nSPS) is 15.6. The molecule has 1 N–H and O–H groups in total. The molecule has 0 bridgehead atoms. The van der Waals surface area contributed by atoms with Gasteiger partial charge in [0.2, 0.25) is 0 Å². The number of Topliss-reactive ketones (excluding diaryl/α,β-unsaturated/α-hetero) is 1. The van der Waals surface area contributed by atoms with Crippen LogP contribution in [0.15, 0.2) is 60.7 Å². The number of nitrogens with zero attached hydrogens (tertiary/aromatic N) is 1. The second-order valence-corrected chi connectivity index (χ2v) is 7.27. The maximum absolute atomic E-state index is 13.5. The molecule has 1 aliphatic rings. The summed E-state index contributed by atoms with van der Waals surface area (Å²) in [5.74, 6) is -0.522. The Morgan fingerprint density at radius 1 is 0.929 bits per heavy atom. The Hall–Kier alpha value is -3.40. The van der Waals surface area contributed by atoms with Gasteiger partial charge in [0.25, 0.3) is 5.91 Å². The Kier molecular flexibility index (Phi) is 4.27. The van der Waals surface area contributed by atoms with Gasteiger partial charge in [0, 0.05) is 11.3 Å². The number of benzene rings is 3. The average Bonchev–Trinajstić information content (AvgIpc) is 2.99. The van der Waals surface area contributed by atoms with E-state index in [1.165, 1.54) is 4.90 Å². The summed E-state index contributed by atoms with van der Waals surface area (Å²) >= 11 is 0. The number of aryl methyl sites for hydroxylation is 2. The van der Waals surface area contributed by atoms with Crippen molar-refractivity contribution in [1.29, 1.82) is 0 Å². The fourth-order valence-electron chi connectivity index (χ4n) is 3.69. The standard InChI is InChI=1S/C24H21NO3/c1-14-8-11-17(12-9-14)25-21(18-6-4-5-7-19(18)24(25)28)23(27)20-13-10-15(2)16(3)22(20)26/h4-13,21,26H,1-3H3/t21-/m1/s1. The summed E-state index contributed by atoms with van der Waals surface area (Å²) in [7, 11) is 0. The Morgan fingerprint density at radius 3 is 2.32 bits per heavy atom. The van der Waals surface area contributed by atoms with E-state index < -0.39 is 6.04 Å². The van der Waals surface area contributed by atoms with E-state index in [9.17, 15) is 14.7 Å². The van der Waals surface area contributed by atoms with Crippen LogP contribution in [-0.2, 0) is 0 Å². The molecule has 0 aliphatic carbocycles. The average molecular weight is 371 g/mol. The van der Waals surface area contributed by atoms with E-state index in [0.717, 1.165) is 11.1 Å². The van der Waals surface area contributed by atoms with Crippen LogP contribution >= 0.6 is 0 Å². The Labute approximate surface area is 164 Å². The number of ketones is 1. The number of aromatic hydroxyl groups is 1. The van der Waals surface area contributed by atoms with Crippen molar-refractivity contribution in [3.8, 4) is 5.75 Å². The first kappa shape index (κ1) is 18.0. The van der Waals surface area contributed by atoms with Crippen molar-refractivity contribution in [2.45, 2.75) is 26.8 Å². The number of rotatable bonds is 3. The molecule has 4 heteroatoms.